The van der Waals surface area contributed by atoms with E-state index in [1.807, 2.05) is 0 Å². The maximum absolute atomic E-state index is 12.3. The molecule has 2 fully saturated rings. The van der Waals surface area contributed by atoms with Crippen molar-refractivity contribution in [2.75, 3.05) is 31.1 Å². The maximum Gasteiger partial charge on any atom is 0.214 e. The van der Waals surface area contributed by atoms with Crippen LogP contribution in [-0.2, 0) is 19.9 Å². The Kier molecular flexibility index (Phi) is 4.78. The Bertz CT molecular complexity index is 522. The molecule has 0 saturated carbocycles. The molecule has 0 aliphatic carbocycles. The zero-order chi connectivity index (χ0) is 14.9. The van der Waals surface area contributed by atoms with E-state index in [1.165, 1.54) is 0 Å². The third-order valence-electron chi connectivity index (χ3n) is 4.45. The van der Waals surface area contributed by atoms with E-state index >= 15 is 0 Å². The van der Waals surface area contributed by atoms with Gasteiger partial charge in [0.1, 0.15) is 9.84 Å². The third kappa shape index (κ3) is 4.16. The minimum atomic E-state index is -3.41. The standard InChI is InChI=1S/C12H24N2O4S2/c1-12(4-6-13-7-5-12)10-14-20(17,18)11-2-8-19(15,16)9-3-11/h11,13-14H,2-10H2,1H3. The van der Waals surface area contributed by atoms with Gasteiger partial charge >= 0.3 is 0 Å². The fraction of sp³-hybridized carbons (Fsp3) is 1.00. The summed E-state index contributed by atoms with van der Waals surface area (Å²) in [6.45, 7) is 4.38. The summed E-state index contributed by atoms with van der Waals surface area (Å²) in [5, 5.41) is 2.71. The smallest absolute Gasteiger partial charge is 0.214 e. The Balaban J connectivity index is 1.91. The molecule has 0 radical (unpaired) electrons. The van der Waals surface area contributed by atoms with E-state index in [1.54, 1.807) is 0 Å². The summed E-state index contributed by atoms with van der Waals surface area (Å²) in [6.07, 6.45) is 2.34. The molecule has 0 atom stereocenters. The van der Waals surface area contributed by atoms with E-state index in [9.17, 15) is 16.8 Å². The van der Waals surface area contributed by atoms with Gasteiger partial charge in [0.15, 0.2) is 0 Å². The van der Waals surface area contributed by atoms with Gasteiger partial charge in [0, 0.05) is 6.54 Å². The van der Waals surface area contributed by atoms with E-state index in [2.05, 4.69) is 17.0 Å². The lowest BCUT2D eigenvalue weighted by atomic mass is 9.81. The number of sulfone groups is 1. The summed E-state index contributed by atoms with van der Waals surface area (Å²) in [6, 6.07) is 0. The lowest BCUT2D eigenvalue weighted by molar-refractivity contribution is 0.232. The lowest BCUT2D eigenvalue weighted by Crippen LogP contribution is -2.46. The van der Waals surface area contributed by atoms with Crippen LogP contribution in [0.4, 0.5) is 0 Å². The number of hydrogen-bond donors (Lipinski definition) is 2. The fourth-order valence-electron chi connectivity index (χ4n) is 2.78. The fourth-order valence-corrected chi connectivity index (χ4v) is 6.21. The van der Waals surface area contributed by atoms with Crippen molar-refractivity contribution in [3.05, 3.63) is 0 Å². The molecule has 0 aromatic carbocycles. The molecule has 2 saturated heterocycles. The molecule has 2 rings (SSSR count). The molecule has 2 aliphatic heterocycles. The normalized spacial score (nSPS) is 27.2. The zero-order valence-electron chi connectivity index (χ0n) is 11.9. The van der Waals surface area contributed by atoms with Crippen molar-refractivity contribution in [1.82, 2.24) is 10.0 Å². The van der Waals surface area contributed by atoms with Crippen LogP contribution in [0.5, 0.6) is 0 Å². The number of rotatable bonds is 4. The molecule has 2 N–H and O–H groups in total. The van der Waals surface area contributed by atoms with Gasteiger partial charge in [0.05, 0.1) is 16.8 Å². The average molecular weight is 324 g/mol. The molecule has 2 heterocycles. The first-order valence-corrected chi connectivity index (χ1v) is 10.5. The van der Waals surface area contributed by atoms with Gasteiger partial charge in [-0.3, -0.25) is 0 Å². The van der Waals surface area contributed by atoms with E-state index in [-0.39, 0.29) is 29.8 Å². The van der Waals surface area contributed by atoms with Crippen molar-refractivity contribution in [3.8, 4) is 0 Å². The van der Waals surface area contributed by atoms with Crippen LogP contribution in [0.25, 0.3) is 0 Å². The summed E-state index contributed by atoms with van der Waals surface area (Å²) < 4.78 is 50.0. The highest BCUT2D eigenvalue weighted by atomic mass is 32.2. The van der Waals surface area contributed by atoms with Gasteiger partial charge in [-0.1, -0.05) is 6.92 Å². The molecule has 0 aromatic rings. The second kappa shape index (κ2) is 5.90. The Morgan fingerprint density at radius 3 is 2.30 bits per heavy atom. The van der Waals surface area contributed by atoms with Gasteiger partial charge in [-0.25, -0.2) is 21.6 Å². The zero-order valence-corrected chi connectivity index (χ0v) is 13.5. The lowest BCUT2D eigenvalue weighted by Gasteiger charge is -2.34. The molecular weight excluding hydrogens is 300 g/mol. The van der Waals surface area contributed by atoms with Gasteiger partial charge in [-0.15, -0.1) is 0 Å². The predicted octanol–water partition coefficient (Wildman–Crippen LogP) is -0.127. The highest BCUT2D eigenvalue weighted by Gasteiger charge is 2.35. The molecule has 6 nitrogen and oxygen atoms in total. The van der Waals surface area contributed by atoms with Crippen LogP contribution in [-0.4, -0.2) is 53.2 Å². The van der Waals surface area contributed by atoms with Gasteiger partial charge in [0.2, 0.25) is 10.0 Å². The molecule has 0 spiro atoms. The molecule has 0 bridgehead atoms. The van der Waals surface area contributed by atoms with Crippen LogP contribution in [0.2, 0.25) is 0 Å². The monoisotopic (exact) mass is 324 g/mol. The van der Waals surface area contributed by atoms with Crippen LogP contribution in [0.1, 0.15) is 32.6 Å². The number of sulfonamides is 1. The van der Waals surface area contributed by atoms with Crippen molar-refractivity contribution in [2.24, 2.45) is 5.41 Å². The molecule has 20 heavy (non-hydrogen) atoms. The quantitative estimate of drug-likeness (QED) is 0.752. The van der Waals surface area contributed by atoms with Crippen molar-refractivity contribution in [3.63, 3.8) is 0 Å². The van der Waals surface area contributed by atoms with Crippen LogP contribution in [0, 0.1) is 5.41 Å². The van der Waals surface area contributed by atoms with Crippen molar-refractivity contribution in [2.45, 2.75) is 37.9 Å². The predicted molar refractivity (Wildman–Crippen MR) is 78.8 cm³/mol. The molecule has 118 valence electrons. The summed E-state index contributed by atoms with van der Waals surface area (Å²) in [7, 11) is -6.43. The molecule has 2 aliphatic rings. The minimum absolute atomic E-state index is 0.000929. The summed E-state index contributed by atoms with van der Waals surface area (Å²) in [5.41, 5.74) is -0.000929. The molecule has 0 unspecified atom stereocenters. The summed E-state index contributed by atoms with van der Waals surface area (Å²) in [4.78, 5) is 0. The first-order valence-electron chi connectivity index (χ1n) is 7.12. The SMILES string of the molecule is CC1(CNS(=O)(=O)C2CCS(=O)(=O)CC2)CCNCC1. The minimum Gasteiger partial charge on any atom is -0.317 e. The van der Waals surface area contributed by atoms with Gasteiger partial charge < -0.3 is 5.32 Å². The molecule has 0 amide bonds. The van der Waals surface area contributed by atoms with Crippen molar-refractivity contribution in [1.29, 1.82) is 0 Å². The van der Waals surface area contributed by atoms with E-state index in [0.717, 1.165) is 25.9 Å². The van der Waals surface area contributed by atoms with Crippen LogP contribution >= 0.6 is 0 Å². The Morgan fingerprint density at radius 1 is 1.20 bits per heavy atom. The van der Waals surface area contributed by atoms with Gasteiger partial charge in [0.25, 0.3) is 0 Å². The molecule has 8 heteroatoms. The second-order valence-corrected chi connectivity index (χ2v) is 10.6. The van der Waals surface area contributed by atoms with Gasteiger partial charge in [-0.2, -0.15) is 0 Å². The van der Waals surface area contributed by atoms with Gasteiger partial charge in [-0.05, 0) is 44.2 Å². The summed E-state index contributed by atoms with van der Waals surface area (Å²) in [5.74, 6) is -0.0282. The Labute approximate surface area is 121 Å². The van der Waals surface area contributed by atoms with Crippen LogP contribution in [0.3, 0.4) is 0 Å². The van der Waals surface area contributed by atoms with E-state index < -0.39 is 25.1 Å². The Morgan fingerprint density at radius 2 is 1.75 bits per heavy atom. The second-order valence-electron chi connectivity index (χ2n) is 6.28. The van der Waals surface area contributed by atoms with Crippen molar-refractivity contribution < 1.29 is 16.8 Å². The maximum atomic E-state index is 12.3. The largest absolute Gasteiger partial charge is 0.317 e. The molecular formula is C12H24N2O4S2. The van der Waals surface area contributed by atoms with Crippen molar-refractivity contribution >= 4 is 19.9 Å². The van der Waals surface area contributed by atoms with E-state index in [0.29, 0.717) is 6.54 Å². The number of hydrogen-bond acceptors (Lipinski definition) is 5. The van der Waals surface area contributed by atoms with Crippen LogP contribution in [0.15, 0.2) is 0 Å². The molecule has 0 aromatic heterocycles. The van der Waals surface area contributed by atoms with E-state index in [4.69, 9.17) is 0 Å². The highest BCUT2D eigenvalue weighted by molar-refractivity contribution is 7.92. The Hall–Kier alpha value is -0.180. The first-order chi connectivity index (χ1) is 9.23. The highest BCUT2D eigenvalue weighted by Crippen LogP contribution is 2.27. The number of nitrogens with one attached hydrogen (secondary N) is 2. The topological polar surface area (TPSA) is 92.3 Å². The summed E-state index contributed by atoms with van der Waals surface area (Å²) >= 11 is 0. The number of piperidine rings is 1. The first kappa shape index (κ1) is 16.2. The average Bonchev–Trinajstić information content (AvgIpc) is 2.37. The van der Waals surface area contributed by atoms with Crippen LogP contribution < -0.4 is 10.0 Å². The third-order valence-corrected chi connectivity index (χ3v) is 8.06.